The average molecular weight is 405 g/mol. The molecule has 3 unspecified atom stereocenters. The van der Waals surface area contributed by atoms with E-state index in [0.717, 1.165) is 29.9 Å². The molecule has 0 aromatic heterocycles. The topological polar surface area (TPSA) is 86.0 Å². The Morgan fingerprint density at radius 1 is 1.15 bits per heavy atom. The lowest BCUT2D eigenvalue weighted by Crippen LogP contribution is -2.32. The summed E-state index contributed by atoms with van der Waals surface area (Å²) in [4.78, 5) is 4.75. The van der Waals surface area contributed by atoms with Crippen molar-refractivity contribution < 1.29 is 0 Å². The third-order valence-corrected chi connectivity index (χ3v) is 9.03. The summed E-state index contributed by atoms with van der Waals surface area (Å²) >= 11 is 9.74. The number of benzene rings is 1. The van der Waals surface area contributed by atoms with Gasteiger partial charge in [0.2, 0.25) is 0 Å². The molecule has 3 atom stereocenters. The molecule has 7 heteroatoms. The molecule has 136 valence electrons. The summed E-state index contributed by atoms with van der Waals surface area (Å²) in [6, 6.07) is 12.3. The number of nitrogens with zero attached hydrogens (tertiary/aromatic N) is 3. The van der Waals surface area contributed by atoms with Crippen LogP contribution in [0.4, 0.5) is 0 Å². The highest BCUT2D eigenvalue weighted by Crippen LogP contribution is 2.85. The van der Waals surface area contributed by atoms with E-state index >= 15 is 0 Å². The minimum Gasteiger partial charge on any atom is -0.386 e. The molecule has 1 aliphatic heterocycles. The maximum absolute atomic E-state index is 10.3. The quantitative estimate of drug-likeness (QED) is 0.661. The Hall–Kier alpha value is -1.34. The van der Waals surface area contributed by atoms with Crippen molar-refractivity contribution >= 4 is 41.0 Å². The number of amidine groups is 1. The van der Waals surface area contributed by atoms with Gasteiger partial charge in [-0.15, -0.1) is 23.5 Å². The first kappa shape index (κ1) is 19.4. The summed E-state index contributed by atoms with van der Waals surface area (Å²) in [6.45, 7) is 4.20. The summed E-state index contributed by atoms with van der Waals surface area (Å²) in [7, 11) is 0. The fraction of sp³-hybridized carbons (Fsp3) is 0.526. The van der Waals surface area contributed by atoms with Crippen LogP contribution in [0.3, 0.4) is 0 Å². The molecular formula is C19H21ClN4S2. The number of hydrogen-bond acceptors (Lipinski definition) is 6. The molecule has 0 radical (unpaired) electrons. The van der Waals surface area contributed by atoms with E-state index in [9.17, 15) is 10.5 Å². The molecule has 1 aromatic rings. The fourth-order valence-electron chi connectivity index (χ4n) is 4.01. The van der Waals surface area contributed by atoms with Crippen LogP contribution < -0.4 is 5.73 Å². The van der Waals surface area contributed by atoms with Gasteiger partial charge in [-0.3, -0.25) is 0 Å². The van der Waals surface area contributed by atoms with E-state index in [2.05, 4.69) is 26.0 Å². The lowest BCUT2D eigenvalue weighted by Gasteiger charge is -2.32. The van der Waals surface area contributed by atoms with Gasteiger partial charge in [0.05, 0.1) is 12.1 Å². The Kier molecular flexibility index (Phi) is 5.23. The van der Waals surface area contributed by atoms with Crippen LogP contribution in [0.15, 0.2) is 29.3 Å². The highest BCUT2D eigenvalue weighted by Gasteiger charge is 2.92. The van der Waals surface area contributed by atoms with Crippen LogP contribution in [-0.4, -0.2) is 21.5 Å². The summed E-state index contributed by atoms with van der Waals surface area (Å²) in [5, 5.41) is 21.0. The van der Waals surface area contributed by atoms with Crippen LogP contribution in [0.1, 0.15) is 38.2 Å². The number of halogens is 1. The SMILES string of the molecule is CCCSC1(SCCC)N=C(N)C2(C#N)C(c3ccccc3Cl)C12C#N. The molecule has 0 spiro atoms. The van der Waals surface area contributed by atoms with Crippen LogP contribution in [0.2, 0.25) is 5.02 Å². The molecule has 26 heavy (non-hydrogen) atoms. The van der Waals surface area contributed by atoms with Gasteiger partial charge in [0, 0.05) is 10.9 Å². The predicted octanol–water partition coefficient (Wildman–Crippen LogP) is 4.77. The Morgan fingerprint density at radius 2 is 1.77 bits per heavy atom. The molecule has 2 aliphatic rings. The third-order valence-electron chi connectivity index (χ3n) is 5.15. The van der Waals surface area contributed by atoms with Gasteiger partial charge >= 0.3 is 0 Å². The van der Waals surface area contributed by atoms with Crippen molar-refractivity contribution in [2.75, 3.05) is 11.5 Å². The van der Waals surface area contributed by atoms with E-state index in [-0.39, 0.29) is 11.8 Å². The predicted molar refractivity (Wildman–Crippen MR) is 110 cm³/mol. The van der Waals surface area contributed by atoms with Crippen molar-refractivity contribution in [1.82, 2.24) is 0 Å². The zero-order chi connectivity index (χ0) is 19.0. The Labute approximate surface area is 168 Å². The van der Waals surface area contributed by atoms with E-state index in [1.165, 1.54) is 0 Å². The number of aliphatic imine (C=N–C) groups is 1. The molecule has 1 aromatic carbocycles. The van der Waals surface area contributed by atoms with Gasteiger partial charge in [-0.25, -0.2) is 4.99 Å². The zero-order valence-electron chi connectivity index (χ0n) is 14.8. The molecule has 3 rings (SSSR count). The van der Waals surface area contributed by atoms with Gasteiger partial charge < -0.3 is 5.73 Å². The number of hydrogen-bond donors (Lipinski definition) is 1. The van der Waals surface area contributed by atoms with Gasteiger partial charge in [-0.05, 0) is 36.0 Å². The van der Waals surface area contributed by atoms with Crippen molar-refractivity contribution in [2.45, 2.75) is 36.8 Å². The zero-order valence-corrected chi connectivity index (χ0v) is 17.2. The lowest BCUT2D eigenvalue weighted by molar-refractivity contribution is 0.563. The number of rotatable bonds is 7. The van der Waals surface area contributed by atoms with E-state index in [0.29, 0.717) is 5.02 Å². The smallest absolute Gasteiger partial charge is 0.175 e. The first-order chi connectivity index (χ1) is 12.5. The first-order valence-electron chi connectivity index (χ1n) is 8.72. The summed E-state index contributed by atoms with van der Waals surface area (Å²) in [5.74, 6) is 1.63. The maximum Gasteiger partial charge on any atom is 0.175 e. The van der Waals surface area contributed by atoms with Crippen molar-refractivity contribution in [1.29, 1.82) is 10.5 Å². The van der Waals surface area contributed by atoms with Gasteiger partial charge in [-0.1, -0.05) is 43.6 Å². The van der Waals surface area contributed by atoms with Gasteiger partial charge in [0.15, 0.2) is 4.20 Å². The number of nitrogens with two attached hydrogens (primary N) is 1. The first-order valence-corrected chi connectivity index (χ1v) is 11.1. The summed E-state index contributed by atoms with van der Waals surface area (Å²) < 4.78 is -0.766. The average Bonchev–Trinajstić information content (AvgIpc) is 3.22. The highest BCUT2D eigenvalue weighted by atomic mass is 35.5. The van der Waals surface area contributed by atoms with E-state index in [1.807, 2.05) is 18.2 Å². The monoisotopic (exact) mass is 404 g/mol. The van der Waals surface area contributed by atoms with Crippen LogP contribution in [-0.2, 0) is 0 Å². The summed E-state index contributed by atoms with van der Waals surface area (Å²) in [5.41, 5.74) is 5.04. The van der Waals surface area contributed by atoms with E-state index in [4.69, 9.17) is 22.3 Å². The van der Waals surface area contributed by atoms with Crippen molar-refractivity contribution in [3.05, 3.63) is 34.9 Å². The Bertz CT molecular complexity index is 820. The third kappa shape index (κ3) is 2.26. The highest BCUT2D eigenvalue weighted by molar-refractivity contribution is 8.18. The second-order valence-electron chi connectivity index (χ2n) is 6.57. The molecular weight excluding hydrogens is 384 g/mol. The standard InChI is InChI=1S/C19H21ClN4S2/c1-3-9-25-19(26-10-4-2)18(12-22)15(13-7-5-6-8-14(13)20)17(18,11-21)16(23)24-19/h5-8,15H,3-4,9-10H2,1-2H3,(H2,23,24). The van der Waals surface area contributed by atoms with Crippen LogP contribution in [0.25, 0.3) is 0 Å². The van der Waals surface area contributed by atoms with Crippen LogP contribution >= 0.6 is 35.1 Å². The molecule has 0 saturated heterocycles. The molecule has 0 bridgehead atoms. The minimum atomic E-state index is -1.10. The molecule has 4 nitrogen and oxygen atoms in total. The second-order valence-corrected chi connectivity index (χ2v) is 9.81. The number of thioether (sulfide) groups is 2. The van der Waals surface area contributed by atoms with Crippen molar-refractivity contribution in [3.8, 4) is 12.1 Å². The van der Waals surface area contributed by atoms with Gasteiger partial charge in [0.25, 0.3) is 0 Å². The number of nitriles is 2. The fourth-order valence-corrected chi connectivity index (χ4v) is 7.48. The normalized spacial score (nSPS) is 30.8. The second kappa shape index (κ2) is 7.00. The molecule has 1 fully saturated rings. The molecule has 2 N–H and O–H groups in total. The molecule has 0 amide bonds. The van der Waals surface area contributed by atoms with Crippen LogP contribution in [0, 0.1) is 33.5 Å². The van der Waals surface area contributed by atoms with Gasteiger partial charge in [0.1, 0.15) is 16.7 Å². The maximum atomic E-state index is 10.3. The van der Waals surface area contributed by atoms with Crippen LogP contribution in [0.5, 0.6) is 0 Å². The summed E-state index contributed by atoms with van der Waals surface area (Å²) in [6.07, 6.45) is 1.93. The lowest BCUT2D eigenvalue weighted by atomic mass is 9.97. The molecule has 1 saturated carbocycles. The van der Waals surface area contributed by atoms with Crippen molar-refractivity contribution in [2.24, 2.45) is 21.6 Å². The Balaban J connectivity index is 2.19. The van der Waals surface area contributed by atoms with E-state index in [1.54, 1.807) is 29.6 Å². The Morgan fingerprint density at radius 3 is 2.27 bits per heavy atom. The number of fused-ring (bicyclic) bond motifs is 1. The van der Waals surface area contributed by atoms with Crippen molar-refractivity contribution in [3.63, 3.8) is 0 Å². The molecule has 1 aliphatic carbocycles. The largest absolute Gasteiger partial charge is 0.386 e. The minimum absolute atomic E-state index is 0.277. The molecule has 1 heterocycles. The van der Waals surface area contributed by atoms with E-state index < -0.39 is 15.0 Å². The van der Waals surface area contributed by atoms with Gasteiger partial charge in [-0.2, -0.15) is 10.5 Å².